The van der Waals surface area contributed by atoms with Crippen molar-refractivity contribution in [1.29, 1.82) is 0 Å². The lowest BCUT2D eigenvalue weighted by Gasteiger charge is -2.22. The molecule has 1 aromatic heterocycles. The maximum atomic E-state index is 11.9. The minimum atomic E-state index is -0.403. The maximum Gasteiger partial charge on any atom is 0.247 e. The number of aryl methyl sites for hydroxylation is 1. The molecule has 1 unspecified atom stereocenters. The van der Waals surface area contributed by atoms with Crippen molar-refractivity contribution in [3.8, 4) is 11.5 Å². The van der Waals surface area contributed by atoms with E-state index in [1.807, 2.05) is 30.3 Å². The third-order valence-electron chi connectivity index (χ3n) is 3.90. The average Bonchev–Trinajstić information content (AvgIpc) is 3.07. The van der Waals surface area contributed by atoms with Crippen LogP contribution < -0.4 is 10.6 Å². The Morgan fingerprint density at radius 2 is 2.12 bits per heavy atom. The molecule has 24 heavy (non-hydrogen) atoms. The fraction of sp³-hybridized carbons (Fsp3) is 0.412. The molecule has 2 aromatic rings. The van der Waals surface area contributed by atoms with Crippen LogP contribution in [0.5, 0.6) is 0 Å². The number of rotatable bonds is 6. The number of carbonyl (C=O) groups is 2. The number of piperidine rings is 1. The van der Waals surface area contributed by atoms with Gasteiger partial charge in [0, 0.05) is 24.9 Å². The van der Waals surface area contributed by atoms with E-state index < -0.39 is 6.04 Å². The van der Waals surface area contributed by atoms with Crippen LogP contribution in [0.4, 0.5) is 0 Å². The standard InChI is InChI=1S/C17H20N4O3/c22-14(19-13-8-5-11-18-16(13)23)9-4-10-15-20-21-17(24-15)12-6-2-1-3-7-12/h1-3,6-7,13H,4-5,8-11H2,(H,18,23)(H,19,22). The summed E-state index contributed by atoms with van der Waals surface area (Å²) in [5, 5.41) is 13.5. The Morgan fingerprint density at radius 3 is 2.92 bits per heavy atom. The predicted molar refractivity (Wildman–Crippen MR) is 86.8 cm³/mol. The van der Waals surface area contributed by atoms with E-state index >= 15 is 0 Å². The number of nitrogens with zero attached hydrogens (tertiary/aromatic N) is 2. The molecule has 1 saturated heterocycles. The molecule has 0 spiro atoms. The summed E-state index contributed by atoms with van der Waals surface area (Å²) in [6.07, 6.45) is 3.04. The Balaban J connectivity index is 1.44. The molecule has 1 aromatic carbocycles. The topological polar surface area (TPSA) is 97.1 Å². The van der Waals surface area contributed by atoms with Gasteiger partial charge in [-0.2, -0.15) is 0 Å². The number of benzene rings is 1. The van der Waals surface area contributed by atoms with Crippen LogP contribution in [0.1, 0.15) is 31.6 Å². The molecule has 2 N–H and O–H groups in total. The molecular formula is C17H20N4O3. The van der Waals surface area contributed by atoms with Crippen LogP contribution in [0, 0.1) is 0 Å². The van der Waals surface area contributed by atoms with Crippen molar-refractivity contribution < 1.29 is 14.0 Å². The third-order valence-corrected chi connectivity index (χ3v) is 3.90. The summed E-state index contributed by atoms with van der Waals surface area (Å²) in [7, 11) is 0. The molecule has 2 amide bonds. The van der Waals surface area contributed by atoms with Crippen LogP contribution in [-0.4, -0.2) is 34.6 Å². The van der Waals surface area contributed by atoms with Gasteiger partial charge in [-0.3, -0.25) is 9.59 Å². The summed E-state index contributed by atoms with van der Waals surface area (Å²) in [5.41, 5.74) is 0.873. The molecule has 1 fully saturated rings. The molecule has 0 radical (unpaired) electrons. The minimum absolute atomic E-state index is 0.0981. The molecule has 0 saturated carbocycles. The summed E-state index contributed by atoms with van der Waals surface area (Å²) in [6, 6.07) is 9.14. The Morgan fingerprint density at radius 1 is 1.29 bits per heavy atom. The van der Waals surface area contributed by atoms with Crippen molar-refractivity contribution in [3.05, 3.63) is 36.2 Å². The first kappa shape index (κ1) is 16.2. The van der Waals surface area contributed by atoms with E-state index in [-0.39, 0.29) is 11.8 Å². The van der Waals surface area contributed by atoms with Crippen LogP contribution in [0.25, 0.3) is 11.5 Å². The maximum absolute atomic E-state index is 11.9. The van der Waals surface area contributed by atoms with Gasteiger partial charge in [-0.1, -0.05) is 18.2 Å². The van der Waals surface area contributed by atoms with Crippen molar-refractivity contribution in [3.63, 3.8) is 0 Å². The molecule has 0 bridgehead atoms. The number of aromatic nitrogens is 2. The van der Waals surface area contributed by atoms with E-state index in [2.05, 4.69) is 20.8 Å². The Bertz CT molecular complexity index is 699. The van der Waals surface area contributed by atoms with Gasteiger partial charge < -0.3 is 15.1 Å². The highest BCUT2D eigenvalue weighted by atomic mass is 16.4. The van der Waals surface area contributed by atoms with E-state index in [0.717, 1.165) is 12.0 Å². The van der Waals surface area contributed by atoms with Crippen LogP contribution >= 0.6 is 0 Å². The van der Waals surface area contributed by atoms with Crippen LogP contribution in [-0.2, 0) is 16.0 Å². The van der Waals surface area contributed by atoms with Crippen LogP contribution in [0.15, 0.2) is 34.7 Å². The Labute approximate surface area is 139 Å². The van der Waals surface area contributed by atoms with Gasteiger partial charge in [0.15, 0.2) is 0 Å². The second-order valence-corrected chi connectivity index (χ2v) is 5.77. The highest BCUT2D eigenvalue weighted by Crippen LogP contribution is 2.17. The number of hydrogen-bond donors (Lipinski definition) is 2. The molecule has 1 aliphatic heterocycles. The molecule has 1 atom stereocenters. The number of amides is 2. The number of nitrogens with one attached hydrogen (secondary N) is 2. The van der Waals surface area contributed by atoms with Gasteiger partial charge in [0.2, 0.25) is 23.6 Å². The number of carbonyl (C=O) groups excluding carboxylic acids is 2. The zero-order valence-corrected chi connectivity index (χ0v) is 13.3. The Kier molecular flexibility index (Phi) is 5.20. The third kappa shape index (κ3) is 4.18. The van der Waals surface area contributed by atoms with Crippen LogP contribution in [0.3, 0.4) is 0 Å². The zero-order valence-electron chi connectivity index (χ0n) is 13.3. The fourth-order valence-electron chi connectivity index (χ4n) is 2.63. The fourth-order valence-corrected chi connectivity index (χ4v) is 2.63. The van der Waals surface area contributed by atoms with E-state index in [0.29, 0.717) is 44.0 Å². The first-order chi connectivity index (χ1) is 11.7. The monoisotopic (exact) mass is 328 g/mol. The van der Waals surface area contributed by atoms with E-state index in [4.69, 9.17) is 4.42 Å². The van der Waals surface area contributed by atoms with Gasteiger partial charge in [0.05, 0.1) is 0 Å². The molecule has 0 aliphatic carbocycles. The lowest BCUT2D eigenvalue weighted by molar-refractivity contribution is -0.130. The van der Waals surface area contributed by atoms with Crippen molar-refractivity contribution in [2.45, 2.75) is 38.1 Å². The molecule has 126 valence electrons. The first-order valence-corrected chi connectivity index (χ1v) is 8.17. The van der Waals surface area contributed by atoms with E-state index in [1.54, 1.807) is 0 Å². The molecule has 1 aliphatic rings. The predicted octanol–water partition coefficient (Wildman–Crippen LogP) is 1.45. The highest BCUT2D eigenvalue weighted by Gasteiger charge is 2.23. The molecular weight excluding hydrogens is 308 g/mol. The lowest BCUT2D eigenvalue weighted by Crippen LogP contribution is -2.50. The second kappa shape index (κ2) is 7.72. The average molecular weight is 328 g/mol. The smallest absolute Gasteiger partial charge is 0.247 e. The van der Waals surface area contributed by atoms with Gasteiger partial charge >= 0.3 is 0 Å². The molecule has 3 rings (SSSR count). The van der Waals surface area contributed by atoms with Gasteiger partial charge in [-0.15, -0.1) is 10.2 Å². The van der Waals surface area contributed by atoms with Gasteiger partial charge in [-0.25, -0.2) is 0 Å². The largest absolute Gasteiger partial charge is 0.421 e. The second-order valence-electron chi connectivity index (χ2n) is 5.77. The first-order valence-electron chi connectivity index (χ1n) is 8.17. The van der Waals surface area contributed by atoms with Gasteiger partial charge in [-0.05, 0) is 31.4 Å². The highest BCUT2D eigenvalue weighted by molar-refractivity contribution is 5.88. The summed E-state index contributed by atoms with van der Waals surface area (Å²) < 4.78 is 5.60. The zero-order chi connectivity index (χ0) is 16.8. The van der Waals surface area contributed by atoms with Crippen molar-refractivity contribution in [2.24, 2.45) is 0 Å². The molecule has 7 heteroatoms. The van der Waals surface area contributed by atoms with Crippen molar-refractivity contribution >= 4 is 11.8 Å². The van der Waals surface area contributed by atoms with Crippen molar-refractivity contribution in [2.75, 3.05) is 6.54 Å². The quantitative estimate of drug-likeness (QED) is 0.836. The molecule has 7 nitrogen and oxygen atoms in total. The van der Waals surface area contributed by atoms with Gasteiger partial charge in [0.25, 0.3) is 0 Å². The van der Waals surface area contributed by atoms with E-state index in [1.165, 1.54) is 0 Å². The molecule has 2 heterocycles. The normalized spacial score (nSPS) is 17.3. The SMILES string of the molecule is O=C(CCCc1nnc(-c2ccccc2)o1)NC1CCCNC1=O. The summed E-state index contributed by atoms with van der Waals surface area (Å²) in [6.45, 7) is 0.687. The number of hydrogen-bond acceptors (Lipinski definition) is 5. The van der Waals surface area contributed by atoms with Gasteiger partial charge in [0.1, 0.15) is 6.04 Å². The lowest BCUT2D eigenvalue weighted by atomic mass is 10.1. The van der Waals surface area contributed by atoms with E-state index in [9.17, 15) is 9.59 Å². The van der Waals surface area contributed by atoms with Crippen LogP contribution in [0.2, 0.25) is 0 Å². The minimum Gasteiger partial charge on any atom is -0.421 e. The summed E-state index contributed by atoms with van der Waals surface area (Å²) in [4.78, 5) is 23.5. The Hall–Kier alpha value is -2.70. The summed E-state index contributed by atoms with van der Waals surface area (Å²) >= 11 is 0. The van der Waals surface area contributed by atoms with Crippen molar-refractivity contribution in [1.82, 2.24) is 20.8 Å². The summed E-state index contributed by atoms with van der Waals surface area (Å²) in [5.74, 6) is 0.768.